The molecule has 4 heteroatoms. The summed E-state index contributed by atoms with van der Waals surface area (Å²) < 4.78 is 11.6. The van der Waals surface area contributed by atoms with Gasteiger partial charge in [-0.15, -0.1) is 0 Å². The van der Waals surface area contributed by atoms with E-state index in [1.54, 1.807) is 0 Å². The number of hydrogen-bond donors (Lipinski definition) is 1. The Kier molecular flexibility index (Phi) is 3.80. The molecule has 19 heavy (non-hydrogen) atoms. The van der Waals surface area contributed by atoms with E-state index >= 15 is 0 Å². The molecule has 102 valence electrons. The molecule has 2 heterocycles. The van der Waals surface area contributed by atoms with Crippen LogP contribution >= 0.6 is 0 Å². The predicted octanol–water partition coefficient (Wildman–Crippen LogP) is 2.45. The largest absolute Gasteiger partial charge is 0.441 e. The Hall–Kier alpha value is -1.39. The van der Waals surface area contributed by atoms with Gasteiger partial charge in [-0.3, -0.25) is 0 Å². The Morgan fingerprint density at radius 1 is 1.37 bits per heavy atom. The number of ether oxygens (including phenoxy) is 1. The monoisotopic (exact) mass is 260 g/mol. The van der Waals surface area contributed by atoms with Gasteiger partial charge >= 0.3 is 0 Å². The number of nitrogens with zero attached hydrogens (tertiary/aromatic N) is 1. The van der Waals surface area contributed by atoms with E-state index in [1.807, 2.05) is 12.1 Å². The molecule has 1 fully saturated rings. The number of fused-ring (bicyclic) bond motifs is 1. The molecule has 0 spiro atoms. The number of piperidine rings is 1. The zero-order valence-corrected chi connectivity index (χ0v) is 11.3. The van der Waals surface area contributed by atoms with Crippen molar-refractivity contribution < 1.29 is 9.15 Å². The van der Waals surface area contributed by atoms with Gasteiger partial charge in [0.2, 0.25) is 0 Å². The average molecular weight is 260 g/mol. The topological polar surface area (TPSA) is 47.3 Å². The van der Waals surface area contributed by atoms with Crippen LogP contribution in [0.1, 0.15) is 24.3 Å². The second-order valence-corrected chi connectivity index (χ2v) is 5.15. The lowest BCUT2D eigenvalue weighted by molar-refractivity contribution is 0.0328. The van der Waals surface area contributed by atoms with E-state index in [9.17, 15) is 0 Å². The summed E-state index contributed by atoms with van der Waals surface area (Å²) in [5.74, 6) is 0.773. The summed E-state index contributed by atoms with van der Waals surface area (Å²) in [6.45, 7) is 4.88. The molecule has 0 amide bonds. The summed E-state index contributed by atoms with van der Waals surface area (Å²) in [7, 11) is 0. The summed E-state index contributed by atoms with van der Waals surface area (Å²) >= 11 is 0. The molecular weight excluding hydrogens is 240 g/mol. The highest BCUT2D eigenvalue weighted by molar-refractivity contribution is 5.73. The van der Waals surface area contributed by atoms with Crippen LogP contribution in [0.2, 0.25) is 0 Å². The number of benzene rings is 1. The molecule has 4 nitrogen and oxygen atoms in total. The van der Waals surface area contributed by atoms with Gasteiger partial charge in [-0.2, -0.15) is 0 Å². The lowest BCUT2D eigenvalue weighted by atomic mass is 10.1. The standard InChI is InChI=1S/C15H20N2O2/c1-11-2-3-14-13(10-11)17-15(19-14)6-9-18-12-4-7-16-8-5-12/h2-3,10,12,16H,4-9H2,1H3. The summed E-state index contributed by atoms with van der Waals surface area (Å²) in [5, 5.41) is 3.33. The second-order valence-electron chi connectivity index (χ2n) is 5.15. The maximum absolute atomic E-state index is 5.87. The van der Waals surface area contributed by atoms with Crippen LogP contribution in [0.4, 0.5) is 0 Å². The predicted molar refractivity (Wildman–Crippen MR) is 74.3 cm³/mol. The van der Waals surface area contributed by atoms with Gasteiger partial charge in [0.15, 0.2) is 11.5 Å². The highest BCUT2D eigenvalue weighted by Gasteiger charge is 2.13. The van der Waals surface area contributed by atoms with Crippen molar-refractivity contribution in [2.75, 3.05) is 19.7 Å². The fraction of sp³-hybridized carbons (Fsp3) is 0.533. The van der Waals surface area contributed by atoms with Gasteiger partial charge in [0.1, 0.15) is 5.52 Å². The van der Waals surface area contributed by atoms with Crippen LogP contribution in [0.15, 0.2) is 22.6 Å². The zero-order valence-electron chi connectivity index (χ0n) is 11.3. The first-order chi connectivity index (χ1) is 9.31. The third kappa shape index (κ3) is 3.14. The van der Waals surface area contributed by atoms with Crippen LogP contribution in [0.5, 0.6) is 0 Å². The Balaban J connectivity index is 1.56. The summed E-state index contributed by atoms with van der Waals surface area (Å²) in [5.41, 5.74) is 3.01. The number of rotatable bonds is 4. The Labute approximate surface area is 113 Å². The first-order valence-corrected chi connectivity index (χ1v) is 7.00. The minimum Gasteiger partial charge on any atom is -0.441 e. The molecule has 2 aromatic rings. The first-order valence-electron chi connectivity index (χ1n) is 7.00. The van der Waals surface area contributed by atoms with Crippen LogP contribution in [0, 0.1) is 6.92 Å². The normalized spacial score (nSPS) is 17.1. The van der Waals surface area contributed by atoms with Crippen molar-refractivity contribution in [2.24, 2.45) is 0 Å². The van der Waals surface area contributed by atoms with Gasteiger partial charge in [0, 0.05) is 6.42 Å². The van der Waals surface area contributed by atoms with Crippen LogP contribution in [-0.4, -0.2) is 30.8 Å². The van der Waals surface area contributed by atoms with E-state index in [0.29, 0.717) is 12.7 Å². The molecule has 0 atom stereocenters. The Bertz CT molecular complexity index is 544. The molecule has 1 aromatic carbocycles. The van der Waals surface area contributed by atoms with E-state index < -0.39 is 0 Å². The highest BCUT2D eigenvalue weighted by Crippen LogP contribution is 2.17. The molecule has 0 unspecified atom stereocenters. The fourth-order valence-corrected chi connectivity index (χ4v) is 2.47. The van der Waals surface area contributed by atoms with Gasteiger partial charge in [0.05, 0.1) is 12.7 Å². The van der Waals surface area contributed by atoms with Crippen molar-refractivity contribution in [3.8, 4) is 0 Å². The third-order valence-corrected chi connectivity index (χ3v) is 3.54. The summed E-state index contributed by atoms with van der Waals surface area (Å²) in [6.07, 6.45) is 3.35. The molecule has 1 aliphatic heterocycles. The molecular formula is C15H20N2O2. The Morgan fingerprint density at radius 3 is 3.05 bits per heavy atom. The first kappa shape index (κ1) is 12.6. The number of hydrogen-bond acceptors (Lipinski definition) is 4. The van der Waals surface area contributed by atoms with Crippen LogP contribution in [-0.2, 0) is 11.2 Å². The second kappa shape index (κ2) is 5.72. The average Bonchev–Trinajstić information content (AvgIpc) is 2.82. The van der Waals surface area contributed by atoms with Crippen LogP contribution < -0.4 is 5.32 Å². The summed E-state index contributed by atoms with van der Waals surface area (Å²) in [6, 6.07) is 6.08. The number of nitrogens with one attached hydrogen (secondary N) is 1. The number of aryl methyl sites for hydroxylation is 1. The van der Waals surface area contributed by atoms with Gasteiger partial charge in [0.25, 0.3) is 0 Å². The van der Waals surface area contributed by atoms with Crippen molar-refractivity contribution in [1.82, 2.24) is 10.3 Å². The molecule has 1 aromatic heterocycles. The molecule has 0 radical (unpaired) electrons. The molecule has 0 aliphatic carbocycles. The molecule has 3 rings (SSSR count). The summed E-state index contributed by atoms with van der Waals surface area (Å²) in [4.78, 5) is 4.50. The van der Waals surface area contributed by atoms with Crippen LogP contribution in [0.3, 0.4) is 0 Å². The van der Waals surface area contributed by atoms with Gasteiger partial charge in [-0.1, -0.05) is 6.07 Å². The van der Waals surface area contributed by atoms with E-state index in [1.165, 1.54) is 5.56 Å². The molecule has 1 aliphatic rings. The van der Waals surface area contributed by atoms with Crippen molar-refractivity contribution in [3.05, 3.63) is 29.7 Å². The molecule has 1 saturated heterocycles. The van der Waals surface area contributed by atoms with Crippen molar-refractivity contribution in [3.63, 3.8) is 0 Å². The molecule has 0 bridgehead atoms. The number of oxazole rings is 1. The van der Waals surface area contributed by atoms with E-state index in [0.717, 1.165) is 49.3 Å². The van der Waals surface area contributed by atoms with Crippen LogP contribution in [0.25, 0.3) is 11.1 Å². The lowest BCUT2D eigenvalue weighted by Gasteiger charge is -2.22. The van der Waals surface area contributed by atoms with E-state index in [4.69, 9.17) is 9.15 Å². The van der Waals surface area contributed by atoms with Gasteiger partial charge in [-0.05, 0) is 50.6 Å². The maximum atomic E-state index is 5.87. The maximum Gasteiger partial charge on any atom is 0.197 e. The SMILES string of the molecule is Cc1ccc2oc(CCOC3CCNCC3)nc2c1. The minimum absolute atomic E-state index is 0.396. The van der Waals surface area contributed by atoms with Gasteiger partial charge < -0.3 is 14.5 Å². The fourth-order valence-electron chi connectivity index (χ4n) is 2.47. The molecule has 0 saturated carbocycles. The quantitative estimate of drug-likeness (QED) is 0.917. The minimum atomic E-state index is 0.396. The van der Waals surface area contributed by atoms with Crippen molar-refractivity contribution in [1.29, 1.82) is 0 Å². The van der Waals surface area contributed by atoms with E-state index in [-0.39, 0.29) is 0 Å². The smallest absolute Gasteiger partial charge is 0.197 e. The lowest BCUT2D eigenvalue weighted by Crippen LogP contribution is -2.32. The van der Waals surface area contributed by atoms with E-state index in [2.05, 4.69) is 23.3 Å². The zero-order chi connectivity index (χ0) is 13.1. The number of aromatic nitrogens is 1. The molecule has 1 N–H and O–H groups in total. The highest BCUT2D eigenvalue weighted by atomic mass is 16.5. The van der Waals surface area contributed by atoms with Gasteiger partial charge in [-0.25, -0.2) is 4.98 Å². The van der Waals surface area contributed by atoms with Crippen molar-refractivity contribution in [2.45, 2.75) is 32.3 Å². The third-order valence-electron chi connectivity index (χ3n) is 3.54. The van der Waals surface area contributed by atoms with Crippen molar-refractivity contribution >= 4 is 11.1 Å². The Morgan fingerprint density at radius 2 is 2.21 bits per heavy atom.